The Labute approximate surface area is 210 Å². The van der Waals surface area contributed by atoms with Crippen LogP contribution in [0.25, 0.3) is 0 Å². The molecule has 0 atom stereocenters. The summed E-state index contributed by atoms with van der Waals surface area (Å²) in [6, 6.07) is 4.98. The number of hydrogen-bond acceptors (Lipinski definition) is 8. The van der Waals surface area contributed by atoms with Crippen molar-refractivity contribution >= 4 is 27.2 Å². The van der Waals surface area contributed by atoms with Crippen molar-refractivity contribution in [1.29, 1.82) is 0 Å². The quantitative estimate of drug-likeness (QED) is 0.492. The minimum absolute atomic E-state index is 0.00509. The molecule has 0 unspecified atom stereocenters. The monoisotopic (exact) mass is 530 g/mol. The van der Waals surface area contributed by atoms with Gasteiger partial charge in [-0.2, -0.15) is 13.2 Å². The van der Waals surface area contributed by atoms with E-state index in [2.05, 4.69) is 32.1 Å². The Morgan fingerprint density at radius 2 is 1.81 bits per heavy atom. The third kappa shape index (κ3) is 7.02. The van der Waals surface area contributed by atoms with Crippen LogP contribution in [-0.2, 0) is 22.6 Å². The van der Waals surface area contributed by atoms with Gasteiger partial charge in [0.2, 0.25) is 0 Å². The number of rotatable bonds is 4. The number of benzene rings is 1. The van der Waals surface area contributed by atoms with Crippen LogP contribution in [0.15, 0.2) is 49.1 Å². The van der Waals surface area contributed by atoms with E-state index in [9.17, 15) is 26.4 Å². The number of anilines is 2. The van der Waals surface area contributed by atoms with Crippen LogP contribution in [0, 0.1) is 11.8 Å². The van der Waals surface area contributed by atoms with E-state index in [-0.39, 0.29) is 53.8 Å². The number of alkyl halides is 3. The largest absolute Gasteiger partial charge is 0.416 e. The molecule has 3 heterocycles. The van der Waals surface area contributed by atoms with Crippen LogP contribution in [0.1, 0.15) is 32.7 Å². The highest BCUT2D eigenvalue weighted by Gasteiger charge is 2.34. The van der Waals surface area contributed by atoms with Crippen molar-refractivity contribution in [1.82, 2.24) is 19.9 Å². The van der Waals surface area contributed by atoms with Crippen molar-refractivity contribution in [2.24, 2.45) is 0 Å². The maximum atomic E-state index is 13.8. The van der Waals surface area contributed by atoms with Crippen molar-refractivity contribution in [3.8, 4) is 11.8 Å². The second-order valence-corrected chi connectivity index (χ2v) is 10.6. The van der Waals surface area contributed by atoms with Crippen LogP contribution in [0.2, 0.25) is 0 Å². The highest BCUT2D eigenvalue weighted by molar-refractivity contribution is 7.91. The zero-order valence-corrected chi connectivity index (χ0v) is 20.1. The predicted octanol–water partition coefficient (Wildman–Crippen LogP) is 2.36. The first kappa shape index (κ1) is 26.1. The van der Waals surface area contributed by atoms with E-state index in [0.717, 1.165) is 6.07 Å². The summed E-state index contributed by atoms with van der Waals surface area (Å²) >= 11 is 0. The lowest BCUT2D eigenvalue weighted by Crippen LogP contribution is -2.40. The fraction of sp³-hybridized carbons (Fsp3) is 0.250. The molecule has 37 heavy (non-hydrogen) atoms. The molecule has 1 aliphatic rings. The van der Waals surface area contributed by atoms with Gasteiger partial charge in [-0.1, -0.05) is 12.0 Å². The number of pyridine rings is 1. The first-order chi connectivity index (χ1) is 17.5. The van der Waals surface area contributed by atoms with E-state index in [1.807, 2.05) is 0 Å². The smallest absolute Gasteiger partial charge is 0.382 e. The molecule has 3 N–H and O–H groups in total. The second-order valence-electron chi connectivity index (χ2n) is 8.29. The van der Waals surface area contributed by atoms with Gasteiger partial charge in [0, 0.05) is 43.3 Å². The lowest BCUT2D eigenvalue weighted by molar-refractivity contribution is -0.138. The molecule has 13 heteroatoms. The van der Waals surface area contributed by atoms with E-state index in [4.69, 9.17) is 5.73 Å². The first-order valence-corrected chi connectivity index (χ1v) is 12.8. The number of carbonyl (C=O) groups is 1. The van der Waals surface area contributed by atoms with E-state index in [0.29, 0.717) is 11.3 Å². The molecular weight excluding hydrogens is 509 g/mol. The Morgan fingerprint density at radius 1 is 1.05 bits per heavy atom. The van der Waals surface area contributed by atoms with Crippen molar-refractivity contribution in [2.75, 3.05) is 35.6 Å². The summed E-state index contributed by atoms with van der Waals surface area (Å²) in [5.74, 6) is 4.96. The van der Waals surface area contributed by atoms with Crippen LogP contribution in [0.4, 0.5) is 24.7 Å². The maximum absolute atomic E-state index is 13.8. The highest BCUT2D eigenvalue weighted by atomic mass is 32.2. The zero-order valence-electron chi connectivity index (χ0n) is 19.3. The maximum Gasteiger partial charge on any atom is 0.416 e. The summed E-state index contributed by atoms with van der Waals surface area (Å²) in [5, 5.41) is 2.46. The van der Waals surface area contributed by atoms with Gasteiger partial charge < -0.3 is 11.1 Å². The fourth-order valence-electron chi connectivity index (χ4n) is 3.58. The van der Waals surface area contributed by atoms with Crippen LogP contribution in [0.5, 0.6) is 0 Å². The van der Waals surface area contributed by atoms with Gasteiger partial charge in [0.25, 0.3) is 5.91 Å². The van der Waals surface area contributed by atoms with Crippen LogP contribution < -0.4 is 11.1 Å². The summed E-state index contributed by atoms with van der Waals surface area (Å²) in [6.45, 7) is 0.270. The van der Waals surface area contributed by atoms with Gasteiger partial charge in [-0.15, -0.1) is 0 Å². The van der Waals surface area contributed by atoms with Crippen LogP contribution in [0.3, 0.4) is 0 Å². The molecule has 0 aliphatic carbocycles. The molecule has 1 aromatic carbocycles. The first-order valence-electron chi connectivity index (χ1n) is 11.0. The summed E-state index contributed by atoms with van der Waals surface area (Å²) in [4.78, 5) is 26.2. The Balaban J connectivity index is 1.49. The third-order valence-corrected chi connectivity index (χ3v) is 7.12. The van der Waals surface area contributed by atoms with Gasteiger partial charge in [0.05, 0.1) is 35.0 Å². The van der Waals surface area contributed by atoms with Gasteiger partial charge in [-0.3, -0.25) is 14.7 Å². The number of aromatic nitrogens is 3. The SMILES string of the molecule is Nc1cnc(C#Cc2cncc(C(=O)Nc3ccc(CN4CCS(=O)(=O)CC4)c(C(F)(F)F)c3)c2)cn1. The summed E-state index contributed by atoms with van der Waals surface area (Å²) in [6.07, 6.45) is 0.773. The lowest BCUT2D eigenvalue weighted by Gasteiger charge is -2.27. The number of sulfone groups is 1. The van der Waals surface area contributed by atoms with Gasteiger partial charge in [-0.25, -0.2) is 18.4 Å². The Morgan fingerprint density at radius 3 is 2.49 bits per heavy atom. The molecule has 0 spiro atoms. The Bertz CT molecular complexity index is 1470. The number of nitrogens with two attached hydrogens (primary N) is 1. The van der Waals surface area contributed by atoms with E-state index in [1.54, 1.807) is 4.90 Å². The number of carbonyl (C=O) groups excluding carboxylic acids is 1. The number of amides is 1. The zero-order chi connectivity index (χ0) is 26.6. The minimum atomic E-state index is -4.67. The Hall–Kier alpha value is -4.02. The summed E-state index contributed by atoms with van der Waals surface area (Å²) in [7, 11) is -3.15. The molecule has 1 amide bonds. The number of nitrogens with one attached hydrogen (secondary N) is 1. The van der Waals surface area contributed by atoms with E-state index < -0.39 is 27.5 Å². The van der Waals surface area contributed by atoms with Crippen molar-refractivity contribution < 1.29 is 26.4 Å². The van der Waals surface area contributed by atoms with Crippen LogP contribution >= 0.6 is 0 Å². The number of nitrogen functional groups attached to an aromatic ring is 1. The highest BCUT2D eigenvalue weighted by Crippen LogP contribution is 2.34. The second kappa shape index (κ2) is 10.5. The molecule has 4 rings (SSSR count). The summed E-state index contributed by atoms with van der Waals surface area (Å²) in [5.41, 5.74) is 5.38. The summed E-state index contributed by atoms with van der Waals surface area (Å²) < 4.78 is 64.6. The number of hydrogen-bond donors (Lipinski definition) is 2. The molecule has 9 nitrogen and oxygen atoms in total. The van der Waals surface area contributed by atoms with Crippen LogP contribution in [-0.4, -0.2) is 58.8 Å². The average molecular weight is 531 g/mol. The molecule has 1 saturated heterocycles. The van der Waals surface area contributed by atoms with Gasteiger partial charge in [0.1, 0.15) is 11.5 Å². The van der Waals surface area contributed by atoms with E-state index in [1.165, 1.54) is 43.0 Å². The number of halogens is 3. The van der Waals surface area contributed by atoms with Crippen molar-refractivity contribution in [2.45, 2.75) is 12.7 Å². The van der Waals surface area contributed by atoms with E-state index >= 15 is 0 Å². The fourth-order valence-corrected chi connectivity index (χ4v) is 4.86. The molecule has 0 saturated carbocycles. The van der Waals surface area contributed by atoms with Gasteiger partial charge >= 0.3 is 6.18 Å². The molecule has 2 aromatic heterocycles. The van der Waals surface area contributed by atoms with Crippen molar-refractivity contribution in [3.63, 3.8) is 0 Å². The molecular formula is C24H21F3N6O3S. The van der Waals surface area contributed by atoms with Gasteiger partial charge in [0.15, 0.2) is 9.84 Å². The minimum Gasteiger partial charge on any atom is -0.382 e. The molecule has 3 aromatic rings. The standard InChI is InChI=1S/C24H21F3N6O3S/c25-24(26,27)21-10-19(4-2-17(21)15-33-5-7-37(35,36)8-6-33)32-23(34)18-9-16(11-29-12-18)1-3-20-13-31-22(28)14-30-20/h2,4,9-14H,5-8,15H2,(H2,28,31)(H,32,34). The van der Waals surface area contributed by atoms with Crippen molar-refractivity contribution in [3.05, 3.63) is 77.0 Å². The molecule has 0 bridgehead atoms. The molecule has 1 fully saturated rings. The normalized spacial score (nSPS) is 15.4. The molecule has 192 valence electrons. The lowest BCUT2D eigenvalue weighted by atomic mass is 10.0. The number of nitrogens with zero attached hydrogens (tertiary/aromatic N) is 4. The topological polar surface area (TPSA) is 131 Å². The predicted molar refractivity (Wildman–Crippen MR) is 130 cm³/mol. The molecule has 1 aliphatic heterocycles. The third-order valence-electron chi connectivity index (χ3n) is 5.51. The molecule has 0 radical (unpaired) electrons. The average Bonchev–Trinajstić information content (AvgIpc) is 2.85. The Kier molecular flexibility index (Phi) is 7.42. The van der Waals surface area contributed by atoms with Gasteiger partial charge in [-0.05, 0) is 29.7 Å².